The van der Waals surface area contributed by atoms with Crippen LogP contribution in [0.15, 0.2) is 42.5 Å². The Morgan fingerprint density at radius 2 is 1.95 bits per heavy atom. The van der Waals surface area contributed by atoms with Crippen molar-refractivity contribution in [2.24, 2.45) is 11.8 Å². The van der Waals surface area contributed by atoms with Gasteiger partial charge < -0.3 is 25.4 Å². The van der Waals surface area contributed by atoms with Gasteiger partial charge in [-0.15, -0.1) is 11.8 Å². The number of anilines is 2. The van der Waals surface area contributed by atoms with E-state index in [9.17, 15) is 19.5 Å². The Hall–Kier alpha value is -2.27. The number of hydrogen-bond donors (Lipinski definition) is 3. The molecule has 39 heavy (non-hydrogen) atoms. The standard InChI is InChI=1S/C28H31BrClN3O5S/c1-3-38-17-10-8-16(9-11-17)31-25(35)20-21-27(37)33(12-5-13-34)24(28(21)14-18(29)23(20)39-28)26(36)32-22-15(2)6-4-7-19(22)30/h4,6-11,18,20-21,23-24,34H,3,5,12-14H2,1-2H3,(H,31,35)(H,32,36)/t18?,20-,21-,23-,24?,28?/m0/s1. The van der Waals surface area contributed by atoms with Crippen LogP contribution in [0, 0.1) is 18.8 Å². The number of aliphatic hydroxyl groups excluding tert-OH is 1. The fraction of sp³-hybridized carbons (Fsp3) is 0.464. The Morgan fingerprint density at radius 1 is 1.21 bits per heavy atom. The van der Waals surface area contributed by atoms with Crippen molar-refractivity contribution in [3.63, 3.8) is 0 Å². The molecule has 0 aliphatic carbocycles. The van der Waals surface area contributed by atoms with Crippen molar-refractivity contribution in [3.8, 4) is 5.75 Å². The van der Waals surface area contributed by atoms with Crippen LogP contribution in [0.3, 0.4) is 0 Å². The predicted molar refractivity (Wildman–Crippen MR) is 157 cm³/mol. The summed E-state index contributed by atoms with van der Waals surface area (Å²) < 4.78 is 4.70. The molecule has 3 N–H and O–H groups in total. The van der Waals surface area contributed by atoms with E-state index < -0.39 is 22.6 Å². The van der Waals surface area contributed by atoms with Gasteiger partial charge in [-0.25, -0.2) is 0 Å². The minimum atomic E-state index is -0.810. The summed E-state index contributed by atoms with van der Waals surface area (Å²) in [7, 11) is 0. The van der Waals surface area contributed by atoms with Crippen LogP contribution in [0.2, 0.25) is 5.02 Å². The summed E-state index contributed by atoms with van der Waals surface area (Å²) in [6, 6.07) is 11.7. The lowest BCUT2D eigenvalue weighted by Gasteiger charge is -2.35. The number of likely N-dealkylation sites (tertiary alicyclic amines) is 1. The van der Waals surface area contributed by atoms with Crippen LogP contribution in [0.25, 0.3) is 0 Å². The van der Waals surface area contributed by atoms with Crippen molar-refractivity contribution >= 4 is 68.4 Å². The number of nitrogens with zero attached hydrogens (tertiary/aromatic N) is 1. The van der Waals surface area contributed by atoms with Crippen molar-refractivity contribution in [1.29, 1.82) is 0 Å². The van der Waals surface area contributed by atoms with Gasteiger partial charge in [0.1, 0.15) is 11.8 Å². The van der Waals surface area contributed by atoms with Crippen molar-refractivity contribution in [2.75, 3.05) is 30.4 Å². The second-order valence-corrected chi connectivity index (χ2v) is 13.3. The number of aliphatic hydroxyl groups is 1. The first kappa shape index (κ1) is 28.3. The van der Waals surface area contributed by atoms with Gasteiger partial charge in [-0.3, -0.25) is 14.4 Å². The number of nitrogens with one attached hydrogen (secondary N) is 2. The number of benzene rings is 2. The summed E-state index contributed by atoms with van der Waals surface area (Å²) in [5, 5.41) is 15.8. The molecule has 2 bridgehead atoms. The first-order chi connectivity index (χ1) is 18.7. The summed E-state index contributed by atoms with van der Waals surface area (Å²) in [4.78, 5) is 43.2. The first-order valence-corrected chi connectivity index (χ1v) is 15.2. The number of carbonyl (C=O) groups is 3. The molecule has 3 amide bonds. The Bertz CT molecular complexity index is 1260. The number of alkyl halides is 1. The molecule has 2 aromatic carbocycles. The Labute approximate surface area is 245 Å². The highest BCUT2D eigenvalue weighted by Gasteiger charge is 2.75. The number of para-hydroxylation sites is 1. The largest absolute Gasteiger partial charge is 0.494 e. The van der Waals surface area contributed by atoms with E-state index in [1.165, 1.54) is 0 Å². The molecule has 0 aromatic heterocycles. The van der Waals surface area contributed by atoms with E-state index in [4.69, 9.17) is 16.3 Å². The normalized spacial score (nSPS) is 28.9. The average molecular weight is 637 g/mol. The van der Waals surface area contributed by atoms with Crippen molar-refractivity contribution in [1.82, 2.24) is 4.90 Å². The number of carbonyl (C=O) groups excluding carboxylic acids is 3. The Morgan fingerprint density at radius 3 is 2.62 bits per heavy atom. The molecule has 0 radical (unpaired) electrons. The molecule has 1 spiro atoms. The van der Waals surface area contributed by atoms with Crippen molar-refractivity contribution in [2.45, 2.75) is 47.6 Å². The quantitative estimate of drug-likeness (QED) is 0.351. The van der Waals surface area contributed by atoms with E-state index in [0.717, 1.165) is 5.56 Å². The van der Waals surface area contributed by atoms with Crippen LogP contribution in [0.5, 0.6) is 5.75 Å². The maximum atomic E-state index is 14.0. The smallest absolute Gasteiger partial charge is 0.248 e. The third-order valence-corrected chi connectivity index (χ3v) is 11.3. The lowest BCUT2D eigenvalue weighted by Crippen LogP contribution is -2.53. The van der Waals surface area contributed by atoms with Crippen LogP contribution in [0.1, 0.15) is 25.3 Å². The number of thioether (sulfide) groups is 1. The highest BCUT2D eigenvalue weighted by Crippen LogP contribution is 2.67. The van der Waals surface area contributed by atoms with Crippen LogP contribution < -0.4 is 15.4 Å². The van der Waals surface area contributed by atoms with E-state index in [0.29, 0.717) is 41.6 Å². The van der Waals surface area contributed by atoms with Crippen LogP contribution in [0.4, 0.5) is 11.4 Å². The van der Waals surface area contributed by atoms with Gasteiger partial charge in [-0.05, 0) is 62.6 Å². The summed E-state index contributed by atoms with van der Waals surface area (Å²) >= 11 is 11.7. The third kappa shape index (κ3) is 4.94. The lowest BCUT2D eigenvalue weighted by molar-refractivity contribution is -0.138. The molecular formula is C28H31BrClN3O5S. The summed E-state index contributed by atoms with van der Waals surface area (Å²) in [6.07, 6.45) is 0.902. The Balaban J connectivity index is 1.46. The maximum Gasteiger partial charge on any atom is 0.248 e. The van der Waals surface area contributed by atoms with E-state index >= 15 is 0 Å². The molecule has 3 aliphatic heterocycles. The highest BCUT2D eigenvalue weighted by atomic mass is 79.9. The maximum absolute atomic E-state index is 14.0. The number of rotatable bonds is 9. The molecule has 3 fully saturated rings. The zero-order chi connectivity index (χ0) is 27.9. The molecule has 6 atom stereocenters. The fourth-order valence-corrected chi connectivity index (χ4v) is 10.1. The summed E-state index contributed by atoms with van der Waals surface area (Å²) in [5.41, 5.74) is 1.93. The predicted octanol–water partition coefficient (Wildman–Crippen LogP) is 4.47. The zero-order valence-corrected chi connectivity index (χ0v) is 24.8. The Kier molecular flexibility index (Phi) is 8.20. The SMILES string of the molecule is CCOc1ccc(NC(=O)[C@H]2[C@H]3C(=O)N(CCCO)C(C(=O)Nc4c(C)cccc4Cl)C34CC(Br)[C@@H]2S4)cc1. The first-order valence-electron chi connectivity index (χ1n) is 13.0. The van der Waals surface area contributed by atoms with E-state index in [2.05, 4.69) is 26.6 Å². The van der Waals surface area contributed by atoms with Crippen molar-refractivity contribution < 1.29 is 24.2 Å². The number of fused-ring (bicyclic) bond motifs is 1. The number of halogens is 2. The van der Waals surface area contributed by atoms with Gasteiger partial charge in [0.05, 0.1) is 33.9 Å². The minimum absolute atomic E-state index is 0.0437. The molecule has 8 nitrogen and oxygen atoms in total. The number of hydrogen-bond acceptors (Lipinski definition) is 6. The number of aryl methyl sites for hydroxylation is 1. The molecule has 208 valence electrons. The topological polar surface area (TPSA) is 108 Å². The van der Waals surface area contributed by atoms with Crippen LogP contribution in [-0.2, 0) is 14.4 Å². The van der Waals surface area contributed by atoms with Gasteiger partial charge in [-0.2, -0.15) is 0 Å². The molecule has 2 aromatic rings. The molecule has 3 saturated heterocycles. The molecule has 3 unspecified atom stereocenters. The number of ether oxygens (including phenoxy) is 1. The van der Waals surface area contributed by atoms with Gasteiger partial charge in [0, 0.05) is 28.9 Å². The molecule has 3 heterocycles. The second-order valence-electron chi connectivity index (χ2n) is 10.1. The van der Waals surface area contributed by atoms with Gasteiger partial charge in [0.25, 0.3) is 0 Å². The highest BCUT2D eigenvalue weighted by molar-refractivity contribution is 9.09. The van der Waals surface area contributed by atoms with Gasteiger partial charge >= 0.3 is 0 Å². The summed E-state index contributed by atoms with van der Waals surface area (Å²) in [6.45, 7) is 4.41. The average Bonchev–Trinajstić information content (AvgIpc) is 3.49. The summed E-state index contributed by atoms with van der Waals surface area (Å²) in [5.74, 6) is -1.37. The monoisotopic (exact) mass is 635 g/mol. The molecule has 3 aliphatic rings. The molecule has 0 saturated carbocycles. The van der Waals surface area contributed by atoms with E-state index in [1.807, 2.05) is 26.0 Å². The van der Waals surface area contributed by atoms with Gasteiger partial charge in [-0.1, -0.05) is 39.7 Å². The van der Waals surface area contributed by atoms with Crippen molar-refractivity contribution in [3.05, 3.63) is 53.1 Å². The van der Waals surface area contributed by atoms with Gasteiger partial charge in [0.2, 0.25) is 17.7 Å². The lowest BCUT2D eigenvalue weighted by atomic mass is 9.70. The molecule has 11 heteroatoms. The van der Waals surface area contributed by atoms with E-state index in [1.54, 1.807) is 47.0 Å². The van der Waals surface area contributed by atoms with Crippen LogP contribution >= 0.6 is 39.3 Å². The molecular weight excluding hydrogens is 606 g/mol. The van der Waals surface area contributed by atoms with E-state index in [-0.39, 0.29) is 41.0 Å². The fourth-order valence-electron chi connectivity index (χ4n) is 6.22. The zero-order valence-electron chi connectivity index (χ0n) is 21.7. The second kappa shape index (κ2) is 11.3. The van der Waals surface area contributed by atoms with Gasteiger partial charge in [0.15, 0.2) is 0 Å². The van der Waals surface area contributed by atoms with Crippen LogP contribution in [-0.4, -0.2) is 68.4 Å². The molecule has 5 rings (SSSR count). The minimum Gasteiger partial charge on any atom is -0.494 e. The third-order valence-electron chi connectivity index (χ3n) is 7.80. The number of amides is 3.